The van der Waals surface area contributed by atoms with E-state index in [1.54, 1.807) is 0 Å². The van der Waals surface area contributed by atoms with E-state index in [1.807, 2.05) is 27.7 Å². The second-order valence-corrected chi connectivity index (χ2v) is 5.98. The number of rotatable bonds is 11. The summed E-state index contributed by atoms with van der Waals surface area (Å²) in [5.74, 6) is -0.432. The van der Waals surface area contributed by atoms with Gasteiger partial charge in [0.2, 0.25) is 0 Å². The van der Waals surface area contributed by atoms with Gasteiger partial charge in [-0.15, -0.1) is 0 Å². The zero-order valence-corrected chi connectivity index (χ0v) is 13.6. The summed E-state index contributed by atoms with van der Waals surface area (Å²) in [5.41, 5.74) is -0.923. The lowest BCUT2D eigenvalue weighted by Crippen LogP contribution is -2.34. The first-order valence-corrected chi connectivity index (χ1v) is 7.03. The van der Waals surface area contributed by atoms with Crippen LogP contribution in [0, 0.1) is 0 Å². The van der Waals surface area contributed by atoms with E-state index in [2.05, 4.69) is 13.2 Å². The van der Waals surface area contributed by atoms with Gasteiger partial charge in [0.05, 0.1) is 24.4 Å². The molecule has 0 saturated carbocycles. The number of ether oxygens (including phenoxy) is 3. The van der Waals surface area contributed by atoms with Crippen LogP contribution in [0.15, 0.2) is 25.3 Å². The Labute approximate surface area is 127 Å². The SMILES string of the molecule is C=CC(=O)OCCC(C)(C)OCCC(C)(C)OC(O)C=C. The van der Waals surface area contributed by atoms with Crippen LogP contribution in [0.1, 0.15) is 40.5 Å². The van der Waals surface area contributed by atoms with Crippen molar-refractivity contribution in [1.29, 1.82) is 0 Å². The minimum atomic E-state index is -0.980. The Morgan fingerprint density at radius 3 is 2.24 bits per heavy atom. The monoisotopic (exact) mass is 300 g/mol. The van der Waals surface area contributed by atoms with Gasteiger partial charge in [-0.3, -0.25) is 0 Å². The Balaban J connectivity index is 4.04. The van der Waals surface area contributed by atoms with Crippen LogP contribution in [-0.2, 0) is 19.0 Å². The fraction of sp³-hybridized carbons (Fsp3) is 0.688. The van der Waals surface area contributed by atoms with Gasteiger partial charge in [0.1, 0.15) is 0 Å². The Morgan fingerprint density at radius 2 is 1.71 bits per heavy atom. The third kappa shape index (κ3) is 10.2. The van der Waals surface area contributed by atoms with Gasteiger partial charge < -0.3 is 19.3 Å². The van der Waals surface area contributed by atoms with Crippen molar-refractivity contribution in [3.8, 4) is 0 Å². The van der Waals surface area contributed by atoms with Gasteiger partial charge in [-0.2, -0.15) is 0 Å². The molecule has 21 heavy (non-hydrogen) atoms. The lowest BCUT2D eigenvalue weighted by molar-refractivity contribution is -0.159. The van der Waals surface area contributed by atoms with Gasteiger partial charge in [0, 0.05) is 12.5 Å². The number of carbonyl (C=O) groups is 1. The highest BCUT2D eigenvalue weighted by atomic mass is 16.6. The van der Waals surface area contributed by atoms with E-state index >= 15 is 0 Å². The average Bonchev–Trinajstić information content (AvgIpc) is 2.36. The maximum absolute atomic E-state index is 10.9. The van der Waals surface area contributed by atoms with E-state index in [0.29, 0.717) is 19.4 Å². The summed E-state index contributed by atoms with van der Waals surface area (Å²) >= 11 is 0. The molecule has 5 nitrogen and oxygen atoms in total. The molecule has 0 aliphatic heterocycles. The van der Waals surface area contributed by atoms with Crippen molar-refractivity contribution in [2.24, 2.45) is 0 Å². The molecule has 0 radical (unpaired) electrons. The van der Waals surface area contributed by atoms with Crippen molar-refractivity contribution in [2.75, 3.05) is 13.2 Å². The second kappa shape index (κ2) is 8.97. The Bertz CT molecular complexity index is 347. The van der Waals surface area contributed by atoms with E-state index in [0.717, 1.165) is 6.08 Å². The van der Waals surface area contributed by atoms with Crippen molar-refractivity contribution in [3.05, 3.63) is 25.3 Å². The molecule has 0 spiro atoms. The normalized spacial score (nSPS) is 13.6. The van der Waals surface area contributed by atoms with Crippen molar-refractivity contribution >= 4 is 5.97 Å². The van der Waals surface area contributed by atoms with Crippen LogP contribution in [-0.4, -0.2) is 41.8 Å². The van der Waals surface area contributed by atoms with Gasteiger partial charge in [-0.05, 0) is 40.2 Å². The van der Waals surface area contributed by atoms with Gasteiger partial charge in [0.15, 0.2) is 6.29 Å². The summed E-state index contributed by atoms with van der Waals surface area (Å²) < 4.78 is 16.1. The van der Waals surface area contributed by atoms with Crippen LogP contribution >= 0.6 is 0 Å². The van der Waals surface area contributed by atoms with Crippen molar-refractivity contribution in [2.45, 2.75) is 58.0 Å². The highest BCUT2D eigenvalue weighted by Gasteiger charge is 2.24. The lowest BCUT2D eigenvalue weighted by Gasteiger charge is -2.30. The van der Waals surface area contributed by atoms with Crippen molar-refractivity contribution in [3.63, 3.8) is 0 Å². The molecule has 0 heterocycles. The van der Waals surface area contributed by atoms with E-state index in [-0.39, 0.29) is 6.61 Å². The molecule has 1 unspecified atom stereocenters. The van der Waals surface area contributed by atoms with E-state index in [4.69, 9.17) is 14.2 Å². The molecule has 0 bridgehead atoms. The number of carbonyl (C=O) groups excluding carboxylic acids is 1. The topological polar surface area (TPSA) is 65.0 Å². The highest BCUT2D eigenvalue weighted by molar-refractivity contribution is 5.81. The summed E-state index contributed by atoms with van der Waals surface area (Å²) in [5, 5.41) is 9.41. The predicted molar refractivity (Wildman–Crippen MR) is 81.8 cm³/mol. The number of aliphatic hydroxyl groups is 1. The molecule has 0 fully saturated rings. The van der Waals surface area contributed by atoms with E-state index in [9.17, 15) is 9.90 Å². The van der Waals surface area contributed by atoms with Gasteiger partial charge in [-0.1, -0.05) is 13.2 Å². The first-order valence-electron chi connectivity index (χ1n) is 7.03. The molecule has 0 aliphatic carbocycles. The molecule has 1 atom stereocenters. The number of hydrogen-bond acceptors (Lipinski definition) is 5. The number of aliphatic hydroxyl groups excluding tert-OH is 1. The van der Waals surface area contributed by atoms with Crippen LogP contribution in [0.2, 0.25) is 0 Å². The Morgan fingerprint density at radius 1 is 1.14 bits per heavy atom. The minimum Gasteiger partial charge on any atom is -0.462 e. The van der Waals surface area contributed by atoms with E-state index in [1.165, 1.54) is 6.08 Å². The summed E-state index contributed by atoms with van der Waals surface area (Å²) in [6, 6.07) is 0. The fourth-order valence-corrected chi connectivity index (χ4v) is 1.54. The molecular weight excluding hydrogens is 272 g/mol. The molecule has 0 amide bonds. The number of hydrogen-bond donors (Lipinski definition) is 1. The lowest BCUT2D eigenvalue weighted by atomic mass is 10.0. The first kappa shape index (κ1) is 19.8. The quantitative estimate of drug-likeness (QED) is 0.275. The first-order chi connectivity index (χ1) is 9.62. The zero-order valence-electron chi connectivity index (χ0n) is 13.6. The summed E-state index contributed by atoms with van der Waals surface area (Å²) in [7, 11) is 0. The number of esters is 1. The zero-order chi connectivity index (χ0) is 16.5. The summed E-state index contributed by atoms with van der Waals surface area (Å²) in [6.45, 7) is 15.2. The molecule has 0 aromatic heterocycles. The third-order valence-electron chi connectivity index (χ3n) is 2.95. The molecule has 5 heteroatoms. The van der Waals surface area contributed by atoms with E-state index < -0.39 is 23.5 Å². The van der Waals surface area contributed by atoms with Crippen LogP contribution < -0.4 is 0 Å². The smallest absolute Gasteiger partial charge is 0.330 e. The van der Waals surface area contributed by atoms with Crippen LogP contribution in [0.25, 0.3) is 0 Å². The van der Waals surface area contributed by atoms with Gasteiger partial charge in [0.25, 0.3) is 0 Å². The summed E-state index contributed by atoms with van der Waals surface area (Å²) in [4.78, 5) is 10.9. The molecule has 0 rings (SSSR count). The molecule has 0 aliphatic rings. The second-order valence-electron chi connectivity index (χ2n) is 5.98. The Hall–Kier alpha value is -1.17. The maximum atomic E-state index is 10.9. The molecule has 122 valence electrons. The van der Waals surface area contributed by atoms with Crippen LogP contribution in [0.3, 0.4) is 0 Å². The van der Waals surface area contributed by atoms with Crippen molar-refractivity contribution < 1.29 is 24.1 Å². The minimum absolute atomic E-state index is 0.285. The molecule has 0 aromatic carbocycles. The predicted octanol–water partition coefficient (Wildman–Crippen LogP) is 2.59. The molecule has 0 saturated heterocycles. The third-order valence-corrected chi connectivity index (χ3v) is 2.95. The maximum Gasteiger partial charge on any atom is 0.330 e. The average molecular weight is 300 g/mol. The molecular formula is C16H28O5. The highest BCUT2D eigenvalue weighted by Crippen LogP contribution is 2.20. The van der Waals surface area contributed by atoms with Crippen LogP contribution in [0.4, 0.5) is 0 Å². The standard InChI is InChI=1S/C16H28O5/c1-7-13(17)19-11-9-15(3,4)20-12-10-16(5,6)21-14(18)8-2/h7-8,14,18H,1-2,9-12H2,3-6H3. The molecule has 1 N–H and O–H groups in total. The summed E-state index contributed by atoms with van der Waals surface area (Å²) in [6.07, 6.45) is 2.70. The van der Waals surface area contributed by atoms with Gasteiger partial charge >= 0.3 is 5.97 Å². The van der Waals surface area contributed by atoms with Gasteiger partial charge in [-0.25, -0.2) is 4.79 Å². The largest absolute Gasteiger partial charge is 0.462 e. The molecule has 0 aromatic rings. The van der Waals surface area contributed by atoms with Crippen molar-refractivity contribution in [1.82, 2.24) is 0 Å². The Kier molecular flexibility index (Phi) is 8.47. The van der Waals surface area contributed by atoms with Crippen LogP contribution in [0.5, 0.6) is 0 Å². The fourth-order valence-electron chi connectivity index (χ4n) is 1.54.